The first-order valence-corrected chi connectivity index (χ1v) is 5.56. The van der Waals surface area contributed by atoms with Gasteiger partial charge in [-0.2, -0.15) is 0 Å². The molecule has 0 saturated heterocycles. The lowest BCUT2D eigenvalue weighted by molar-refractivity contribution is 1.59. The summed E-state index contributed by atoms with van der Waals surface area (Å²) in [6.45, 7) is 5.87. The van der Waals surface area contributed by atoms with Crippen LogP contribution in [0.1, 0.15) is 12.5 Å². The third kappa shape index (κ3) is 3.50. The number of halogens is 1. The van der Waals surface area contributed by atoms with Crippen LogP contribution in [0.4, 0.5) is 0 Å². The fourth-order valence-corrected chi connectivity index (χ4v) is 1.35. The molecular formula is C13H13I. The highest BCUT2D eigenvalue weighted by atomic mass is 127. The smallest absolute Gasteiger partial charge is 0.00581 e. The highest BCUT2D eigenvalue weighted by molar-refractivity contribution is 14.1. The first-order valence-electron chi connectivity index (χ1n) is 4.48. The highest BCUT2D eigenvalue weighted by Gasteiger charge is 1.93. The Balaban J connectivity index is 2.90. The van der Waals surface area contributed by atoms with Crippen LogP contribution in [0.25, 0.3) is 5.57 Å². The van der Waals surface area contributed by atoms with Gasteiger partial charge in [0.2, 0.25) is 0 Å². The van der Waals surface area contributed by atoms with E-state index in [0.717, 1.165) is 3.58 Å². The van der Waals surface area contributed by atoms with Crippen molar-refractivity contribution in [1.29, 1.82) is 0 Å². The lowest BCUT2D eigenvalue weighted by atomic mass is 10.1. The molecule has 0 aliphatic heterocycles. The summed E-state index contributed by atoms with van der Waals surface area (Å²) in [5.41, 5.74) is 2.47. The predicted molar refractivity (Wildman–Crippen MR) is 72.4 cm³/mol. The van der Waals surface area contributed by atoms with E-state index in [-0.39, 0.29) is 0 Å². The van der Waals surface area contributed by atoms with E-state index >= 15 is 0 Å². The van der Waals surface area contributed by atoms with E-state index in [1.54, 1.807) is 0 Å². The summed E-state index contributed by atoms with van der Waals surface area (Å²) < 4.78 is 1.04. The maximum atomic E-state index is 3.83. The average Bonchev–Trinajstić information content (AvgIpc) is 2.20. The molecule has 0 bridgehead atoms. The summed E-state index contributed by atoms with van der Waals surface area (Å²) in [7, 11) is 0. The standard InChI is InChI=1S/C13H13I/c1-3-12(10-9-11(2)14)13-7-5-4-6-8-13/h3-10H,2H2,1H3/b10-9-,12-3+. The van der Waals surface area contributed by atoms with Gasteiger partial charge < -0.3 is 0 Å². The molecule has 1 aromatic rings. The molecule has 0 N–H and O–H groups in total. The Hall–Kier alpha value is -0.830. The molecule has 0 fully saturated rings. The van der Waals surface area contributed by atoms with Crippen molar-refractivity contribution in [3.05, 3.63) is 64.3 Å². The van der Waals surface area contributed by atoms with Gasteiger partial charge in [-0.3, -0.25) is 0 Å². The van der Waals surface area contributed by atoms with E-state index in [1.807, 2.05) is 31.2 Å². The molecule has 0 aliphatic rings. The summed E-state index contributed by atoms with van der Waals surface area (Å²) in [6.07, 6.45) is 6.21. The van der Waals surface area contributed by atoms with Crippen LogP contribution >= 0.6 is 22.6 Å². The molecular weight excluding hydrogens is 283 g/mol. The van der Waals surface area contributed by atoms with Gasteiger partial charge in [0.1, 0.15) is 0 Å². The van der Waals surface area contributed by atoms with E-state index < -0.39 is 0 Å². The maximum Gasteiger partial charge on any atom is 0.00581 e. The monoisotopic (exact) mass is 296 g/mol. The molecule has 0 unspecified atom stereocenters. The van der Waals surface area contributed by atoms with Crippen molar-refractivity contribution in [2.24, 2.45) is 0 Å². The van der Waals surface area contributed by atoms with Crippen molar-refractivity contribution in [1.82, 2.24) is 0 Å². The third-order valence-corrected chi connectivity index (χ3v) is 2.22. The second-order valence-electron chi connectivity index (χ2n) is 2.89. The van der Waals surface area contributed by atoms with Crippen LogP contribution in [-0.4, -0.2) is 0 Å². The second kappa shape index (κ2) is 5.81. The molecule has 1 aromatic carbocycles. The molecule has 0 aromatic heterocycles. The van der Waals surface area contributed by atoms with Gasteiger partial charge in [-0.25, -0.2) is 0 Å². The zero-order valence-electron chi connectivity index (χ0n) is 8.20. The minimum Gasteiger partial charge on any atom is -0.0856 e. The van der Waals surface area contributed by atoms with Crippen LogP contribution < -0.4 is 0 Å². The van der Waals surface area contributed by atoms with Crippen LogP contribution in [0.15, 0.2) is 58.7 Å². The zero-order valence-corrected chi connectivity index (χ0v) is 10.4. The molecule has 0 amide bonds. The molecule has 14 heavy (non-hydrogen) atoms. The first kappa shape index (κ1) is 11.2. The van der Waals surface area contributed by atoms with Crippen LogP contribution in [0.3, 0.4) is 0 Å². The van der Waals surface area contributed by atoms with Gasteiger partial charge in [-0.1, -0.05) is 49.1 Å². The average molecular weight is 296 g/mol. The number of hydrogen-bond donors (Lipinski definition) is 0. The summed E-state index contributed by atoms with van der Waals surface area (Å²) in [6, 6.07) is 10.3. The third-order valence-electron chi connectivity index (χ3n) is 1.86. The van der Waals surface area contributed by atoms with Crippen molar-refractivity contribution in [3.8, 4) is 0 Å². The fraction of sp³-hybridized carbons (Fsp3) is 0.0769. The Kier molecular flexibility index (Phi) is 4.66. The highest BCUT2D eigenvalue weighted by Crippen LogP contribution is 2.16. The number of rotatable bonds is 3. The molecule has 0 spiro atoms. The molecule has 0 heterocycles. The van der Waals surface area contributed by atoms with Crippen LogP contribution in [0.5, 0.6) is 0 Å². The Morgan fingerprint density at radius 2 is 1.86 bits per heavy atom. The normalized spacial score (nSPS) is 12.0. The van der Waals surface area contributed by atoms with Gasteiger partial charge in [-0.15, -0.1) is 0 Å². The van der Waals surface area contributed by atoms with Gasteiger partial charge in [0.25, 0.3) is 0 Å². The van der Waals surface area contributed by atoms with Gasteiger partial charge in [0.05, 0.1) is 0 Å². The van der Waals surface area contributed by atoms with Gasteiger partial charge in [0, 0.05) is 3.58 Å². The maximum absolute atomic E-state index is 3.83. The predicted octanol–water partition coefficient (Wildman–Crippen LogP) is 4.59. The van der Waals surface area contributed by atoms with Crippen molar-refractivity contribution < 1.29 is 0 Å². The number of hydrogen-bond acceptors (Lipinski definition) is 0. The van der Waals surface area contributed by atoms with Gasteiger partial charge >= 0.3 is 0 Å². The van der Waals surface area contributed by atoms with E-state index in [0.29, 0.717) is 0 Å². The topological polar surface area (TPSA) is 0 Å². The van der Waals surface area contributed by atoms with E-state index in [2.05, 4.69) is 53.5 Å². The van der Waals surface area contributed by atoms with E-state index in [9.17, 15) is 0 Å². The number of allylic oxidation sites excluding steroid dienone is 5. The van der Waals surface area contributed by atoms with Crippen molar-refractivity contribution in [3.63, 3.8) is 0 Å². The number of benzene rings is 1. The largest absolute Gasteiger partial charge is 0.0856 e. The summed E-state index contributed by atoms with van der Waals surface area (Å²) >= 11 is 2.20. The Morgan fingerprint density at radius 1 is 1.21 bits per heavy atom. The summed E-state index contributed by atoms with van der Waals surface area (Å²) in [5.74, 6) is 0. The molecule has 0 atom stereocenters. The van der Waals surface area contributed by atoms with Crippen molar-refractivity contribution >= 4 is 28.2 Å². The van der Waals surface area contributed by atoms with Crippen molar-refractivity contribution in [2.75, 3.05) is 0 Å². The molecule has 1 heteroatoms. The SMILES string of the molecule is C=C(I)/C=C\C(=C/C)c1ccccc1. The lowest BCUT2D eigenvalue weighted by Gasteiger charge is -2.00. The summed E-state index contributed by atoms with van der Waals surface area (Å²) in [4.78, 5) is 0. The Labute approximate surface area is 99.2 Å². The van der Waals surface area contributed by atoms with Gasteiger partial charge in [-0.05, 0) is 46.7 Å². The molecule has 0 radical (unpaired) electrons. The van der Waals surface area contributed by atoms with E-state index in [1.165, 1.54) is 11.1 Å². The Bertz CT molecular complexity index is 358. The molecule has 0 nitrogen and oxygen atoms in total. The fourth-order valence-electron chi connectivity index (χ4n) is 1.17. The molecule has 72 valence electrons. The van der Waals surface area contributed by atoms with Gasteiger partial charge in [0.15, 0.2) is 0 Å². The quantitative estimate of drug-likeness (QED) is 0.565. The van der Waals surface area contributed by atoms with Crippen LogP contribution in [0.2, 0.25) is 0 Å². The lowest BCUT2D eigenvalue weighted by Crippen LogP contribution is -1.78. The van der Waals surface area contributed by atoms with Crippen molar-refractivity contribution in [2.45, 2.75) is 6.92 Å². The van der Waals surface area contributed by atoms with Crippen LogP contribution in [0, 0.1) is 0 Å². The zero-order chi connectivity index (χ0) is 10.4. The molecule has 0 aliphatic carbocycles. The summed E-state index contributed by atoms with van der Waals surface area (Å²) in [5, 5.41) is 0. The van der Waals surface area contributed by atoms with Crippen LogP contribution in [-0.2, 0) is 0 Å². The Morgan fingerprint density at radius 3 is 2.36 bits per heavy atom. The molecule has 1 rings (SSSR count). The minimum atomic E-state index is 1.04. The minimum absolute atomic E-state index is 1.04. The molecule has 0 saturated carbocycles. The van der Waals surface area contributed by atoms with E-state index in [4.69, 9.17) is 0 Å². The first-order chi connectivity index (χ1) is 6.74. The second-order valence-corrected chi connectivity index (χ2v) is 4.28.